The van der Waals surface area contributed by atoms with Crippen LogP contribution in [0.2, 0.25) is 0 Å². The fourth-order valence-corrected chi connectivity index (χ4v) is 4.37. The number of unbranched alkanes of at least 4 members (excludes halogenated alkanes) is 1. The van der Waals surface area contributed by atoms with Gasteiger partial charge in [-0.2, -0.15) is 14.6 Å². The van der Waals surface area contributed by atoms with Gasteiger partial charge in [0.25, 0.3) is 0 Å². The summed E-state index contributed by atoms with van der Waals surface area (Å²) in [7, 11) is 0. The lowest BCUT2D eigenvalue weighted by molar-refractivity contribution is 0.252. The van der Waals surface area contributed by atoms with E-state index in [-0.39, 0.29) is 11.3 Å². The number of hydrogen-bond acceptors (Lipinski definition) is 3. The summed E-state index contributed by atoms with van der Waals surface area (Å²) in [6.45, 7) is 4.66. The first-order valence-electron chi connectivity index (χ1n) is 11.6. The maximum absolute atomic E-state index is 14.5. The Morgan fingerprint density at radius 3 is 2.23 bits per heavy atom. The molecule has 1 saturated carbocycles. The van der Waals surface area contributed by atoms with Gasteiger partial charge >= 0.3 is 0 Å². The van der Waals surface area contributed by atoms with Gasteiger partial charge in [0, 0.05) is 5.56 Å². The highest BCUT2D eigenvalue weighted by Gasteiger charge is 2.21. The van der Waals surface area contributed by atoms with Crippen LogP contribution in [0.5, 0.6) is 5.75 Å². The first kappa shape index (κ1) is 22.6. The molecular formula is C25H34F2N2O. The zero-order chi connectivity index (χ0) is 21.3. The Labute approximate surface area is 179 Å². The normalized spacial score (nSPS) is 19.1. The van der Waals surface area contributed by atoms with Crippen molar-refractivity contribution in [3.8, 4) is 17.0 Å². The minimum Gasteiger partial charge on any atom is -0.490 e. The summed E-state index contributed by atoms with van der Waals surface area (Å²) in [5.74, 6) is -0.263. The third-order valence-electron chi connectivity index (χ3n) is 6.27. The van der Waals surface area contributed by atoms with Crippen LogP contribution in [0.3, 0.4) is 0 Å². The highest BCUT2D eigenvalue weighted by molar-refractivity contribution is 5.61. The third-order valence-corrected chi connectivity index (χ3v) is 6.27. The molecule has 3 rings (SSSR count). The summed E-state index contributed by atoms with van der Waals surface area (Å²) >= 11 is 0. The van der Waals surface area contributed by atoms with E-state index < -0.39 is 11.6 Å². The molecule has 1 aromatic carbocycles. The summed E-state index contributed by atoms with van der Waals surface area (Å²) in [5.41, 5.74) is 1.37. The number of aromatic nitrogens is 2. The number of benzene rings is 1. The van der Waals surface area contributed by atoms with Crippen LogP contribution in [0, 0.1) is 23.5 Å². The molecule has 0 spiro atoms. The minimum atomic E-state index is -0.965. The molecule has 1 aliphatic carbocycles. The predicted molar refractivity (Wildman–Crippen MR) is 116 cm³/mol. The molecule has 0 N–H and O–H groups in total. The molecule has 164 valence electrons. The van der Waals surface area contributed by atoms with Gasteiger partial charge in [-0.1, -0.05) is 58.8 Å². The van der Waals surface area contributed by atoms with Gasteiger partial charge < -0.3 is 4.74 Å². The van der Waals surface area contributed by atoms with Crippen molar-refractivity contribution in [3.05, 3.63) is 41.6 Å². The van der Waals surface area contributed by atoms with Crippen molar-refractivity contribution in [1.29, 1.82) is 0 Å². The SMILES string of the molecule is CCCCOc1ccc(-c2ccc(CCC3CCC(CCC)CC3)nn2)c(F)c1F. The Balaban J connectivity index is 1.56. The second kappa shape index (κ2) is 11.4. The number of rotatable bonds is 10. The Hall–Kier alpha value is -2.04. The van der Waals surface area contributed by atoms with Gasteiger partial charge in [-0.3, -0.25) is 0 Å². The molecule has 0 radical (unpaired) electrons. The highest BCUT2D eigenvalue weighted by atomic mass is 19.2. The van der Waals surface area contributed by atoms with E-state index in [1.165, 1.54) is 50.7 Å². The van der Waals surface area contributed by atoms with Crippen molar-refractivity contribution in [2.75, 3.05) is 6.61 Å². The zero-order valence-corrected chi connectivity index (χ0v) is 18.3. The molecule has 0 atom stereocenters. The molecule has 0 aliphatic heterocycles. The molecular weight excluding hydrogens is 382 g/mol. The zero-order valence-electron chi connectivity index (χ0n) is 18.3. The van der Waals surface area contributed by atoms with Crippen molar-refractivity contribution in [1.82, 2.24) is 10.2 Å². The summed E-state index contributed by atoms with van der Waals surface area (Å²) in [4.78, 5) is 0. The van der Waals surface area contributed by atoms with Gasteiger partial charge in [0.1, 0.15) is 0 Å². The topological polar surface area (TPSA) is 35.0 Å². The van der Waals surface area contributed by atoms with E-state index in [1.807, 2.05) is 13.0 Å². The van der Waals surface area contributed by atoms with Crippen molar-refractivity contribution in [2.45, 2.75) is 78.1 Å². The minimum absolute atomic E-state index is 0.0528. The predicted octanol–water partition coefficient (Wildman–Crippen LogP) is 7.14. The summed E-state index contributed by atoms with van der Waals surface area (Å²) in [6, 6.07) is 6.59. The molecule has 0 unspecified atom stereocenters. The molecule has 1 aromatic heterocycles. The quantitative estimate of drug-likeness (QED) is 0.386. The van der Waals surface area contributed by atoms with E-state index >= 15 is 0 Å². The van der Waals surface area contributed by atoms with Crippen LogP contribution in [0.15, 0.2) is 24.3 Å². The molecule has 0 amide bonds. The van der Waals surface area contributed by atoms with Gasteiger partial charge in [0.2, 0.25) is 5.82 Å². The van der Waals surface area contributed by atoms with Crippen LogP contribution in [-0.4, -0.2) is 16.8 Å². The second-order valence-corrected chi connectivity index (χ2v) is 8.57. The van der Waals surface area contributed by atoms with Crippen molar-refractivity contribution >= 4 is 0 Å². The van der Waals surface area contributed by atoms with E-state index in [0.29, 0.717) is 12.3 Å². The maximum atomic E-state index is 14.5. The lowest BCUT2D eigenvalue weighted by Crippen LogP contribution is -2.15. The fraction of sp³-hybridized carbons (Fsp3) is 0.600. The van der Waals surface area contributed by atoms with Gasteiger partial charge in [-0.15, -0.1) is 0 Å². The van der Waals surface area contributed by atoms with E-state index in [9.17, 15) is 8.78 Å². The Kier molecular flexibility index (Phi) is 8.59. The van der Waals surface area contributed by atoms with Gasteiger partial charge in [0.15, 0.2) is 11.6 Å². The van der Waals surface area contributed by atoms with Crippen LogP contribution in [-0.2, 0) is 6.42 Å². The number of hydrogen-bond donors (Lipinski definition) is 0. The van der Waals surface area contributed by atoms with Crippen LogP contribution in [0.4, 0.5) is 8.78 Å². The van der Waals surface area contributed by atoms with Crippen LogP contribution < -0.4 is 4.74 Å². The average Bonchev–Trinajstić information content (AvgIpc) is 2.77. The van der Waals surface area contributed by atoms with Crippen molar-refractivity contribution in [2.24, 2.45) is 11.8 Å². The fourth-order valence-electron chi connectivity index (χ4n) is 4.37. The van der Waals surface area contributed by atoms with E-state index in [4.69, 9.17) is 4.74 Å². The lowest BCUT2D eigenvalue weighted by atomic mass is 9.78. The van der Waals surface area contributed by atoms with Gasteiger partial charge in [-0.05, 0) is 55.4 Å². The maximum Gasteiger partial charge on any atom is 0.201 e. The van der Waals surface area contributed by atoms with Crippen molar-refractivity contribution < 1.29 is 13.5 Å². The van der Waals surface area contributed by atoms with Crippen LogP contribution in [0.1, 0.15) is 77.3 Å². The van der Waals surface area contributed by atoms with E-state index in [2.05, 4.69) is 17.1 Å². The standard InChI is InChI=1S/C25H34F2N2O/c1-3-5-17-30-23-16-14-21(24(26)25(23)27)22-15-13-20(28-29-22)12-11-19-9-7-18(6-4-2)8-10-19/h13-16,18-19H,3-12,17H2,1-2H3. The molecule has 1 fully saturated rings. The van der Waals surface area contributed by atoms with E-state index in [0.717, 1.165) is 43.2 Å². The first-order valence-corrected chi connectivity index (χ1v) is 11.6. The molecule has 0 saturated heterocycles. The Bertz CT molecular complexity index is 786. The Morgan fingerprint density at radius 1 is 0.867 bits per heavy atom. The van der Waals surface area contributed by atoms with Gasteiger partial charge in [0.05, 0.1) is 18.0 Å². The van der Waals surface area contributed by atoms with Crippen molar-refractivity contribution in [3.63, 3.8) is 0 Å². The summed E-state index contributed by atoms with van der Waals surface area (Å²) in [5, 5.41) is 8.43. The average molecular weight is 417 g/mol. The molecule has 1 aliphatic rings. The number of halogens is 2. The lowest BCUT2D eigenvalue weighted by Gasteiger charge is -2.28. The molecule has 1 heterocycles. The number of aryl methyl sites for hydroxylation is 1. The van der Waals surface area contributed by atoms with Gasteiger partial charge in [-0.25, -0.2) is 4.39 Å². The first-order chi connectivity index (χ1) is 14.6. The molecule has 0 bridgehead atoms. The number of ether oxygens (including phenoxy) is 1. The molecule has 30 heavy (non-hydrogen) atoms. The smallest absolute Gasteiger partial charge is 0.201 e. The van der Waals surface area contributed by atoms with Crippen LogP contribution in [0.25, 0.3) is 11.3 Å². The van der Waals surface area contributed by atoms with E-state index in [1.54, 1.807) is 6.07 Å². The number of nitrogens with zero attached hydrogens (tertiary/aromatic N) is 2. The summed E-state index contributed by atoms with van der Waals surface area (Å²) in [6.07, 6.45) is 11.7. The molecule has 3 nitrogen and oxygen atoms in total. The molecule has 2 aromatic rings. The summed E-state index contributed by atoms with van der Waals surface area (Å²) < 4.78 is 34.1. The largest absolute Gasteiger partial charge is 0.490 e. The van der Waals surface area contributed by atoms with Crippen LogP contribution >= 0.6 is 0 Å². The molecule has 5 heteroatoms. The monoisotopic (exact) mass is 416 g/mol. The second-order valence-electron chi connectivity index (χ2n) is 8.57. The highest BCUT2D eigenvalue weighted by Crippen LogP contribution is 2.34. The third kappa shape index (κ3) is 5.99. The Morgan fingerprint density at radius 2 is 1.60 bits per heavy atom.